The van der Waals surface area contributed by atoms with Gasteiger partial charge in [-0.3, -0.25) is 6.08 Å². The molecule has 1 aliphatic carbocycles. The van der Waals surface area contributed by atoms with E-state index in [1.165, 1.54) is 29.5 Å². The molecule has 28 heavy (non-hydrogen) atoms. The zero-order valence-corrected chi connectivity index (χ0v) is 20.3. The normalized spacial score (nSPS) is 12.4. The minimum Gasteiger partial charge on any atom is -1.00 e. The molecule has 0 aromatic heterocycles. The second-order valence-electron chi connectivity index (χ2n) is 6.60. The molecule has 0 N–H and O–H groups in total. The van der Waals surface area contributed by atoms with Crippen molar-refractivity contribution in [2.45, 2.75) is 51.4 Å². The zero-order chi connectivity index (χ0) is 16.8. The van der Waals surface area contributed by atoms with E-state index in [4.69, 9.17) is 0 Å². The molecule has 0 nitrogen and oxygen atoms in total. The molecule has 1 aliphatic rings. The predicted octanol–water partition coefficient (Wildman–Crippen LogP) is -2.36. The molecule has 0 radical (unpaired) electrons. The molecule has 3 rings (SSSR count). The number of rotatable bonds is 7. The summed E-state index contributed by atoms with van der Waals surface area (Å²) in [6.45, 7) is 4.54. The minimum atomic E-state index is -0.0239. The SMILES string of the molecule is CCCCC(C1=C(CC)[C-]=CC1)(c1ccccc1)c1ccccc1.[Cl-].[Cl-].[Cl-].[Ti+4]. The van der Waals surface area contributed by atoms with Gasteiger partial charge in [0.05, 0.1) is 0 Å². The maximum absolute atomic E-state index is 3.53. The Morgan fingerprint density at radius 3 is 1.75 bits per heavy atom. The van der Waals surface area contributed by atoms with Gasteiger partial charge in [-0.1, -0.05) is 118 Å². The third-order valence-electron chi connectivity index (χ3n) is 5.25. The van der Waals surface area contributed by atoms with Crippen molar-refractivity contribution in [1.82, 2.24) is 0 Å². The van der Waals surface area contributed by atoms with Crippen LogP contribution in [-0.4, -0.2) is 0 Å². The second-order valence-corrected chi connectivity index (χ2v) is 6.60. The van der Waals surface area contributed by atoms with Crippen molar-refractivity contribution in [2.75, 3.05) is 0 Å². The van der Waals surface area contributed by atoms with E-state index in [0.717, 1.165) is 19.3 Å². The van der Waals surface area contributed by atoms with Gasteiger partial charge >= 0.3 is 21.7 Å². The van der Waals surface area contributed by atoms with Crippen molar-refractivity contribution in [3.63, 3.8) is 0 Å². The molecule has 0 amide bonds. The Morgan fingerprint density at radius 2 is 1.32 bits per heavy atom. The van der Waals surface area contributed by atoms with Gasteiger partial charge in [-0.2, -0.15) is 11.6 Å². The maximum Gasteiger partial charge on any atom is 4.00 e. The summed E-state index contributed by atoms with van der Waals surface area (Å²) in [4.78, 5) is 0. The van der Waals surface area contributed by atoms with Crippen LogP contribution in [0, 0.1) is 6.08 Å². The van der Waals surface area contributed by atoms with Crippen molar-refractivity contribution >= 4 is 0 Å². The summed E-state index contributed by atoms with van der Waals surface area (Å²) < 4.78 is 0. The molecule has 2 aromatic carbocycles. The van der Waals surface area contributed by atoms with Gasteiger partial charge in [-0.15, -0.1) is 0 Å². The van der Waals surface area contributed by atoms with Gasteiger partial charge in [0.15, 0.2) is 0 Å². The summed E-state index contributed by atoms with van der Waals surface area (Å²) in [5, 5.41) is 0. The number of hydrogen-bond acceptors (Lipinski definition) is 0. The molecule has 148 valence electrons. The van der Waals surface area contributed by atoms with Crippen LogP contribution in [0.25, 0.3) is 0 Å². The zero-order valence-electron chi connectivity index (χ0n) is 16.5. The van der Waals surface area contributed by atoms with Crippen molar-refractivity contribution in [3.05, 3.63) is 95.1 Å². The Morgan fingerprint density at radius 1 is 0.821 bits per heavy atom. The summed E-state index contributed by atoms with van der Waals surface area (Å²) in [7, 11) is 0. The van der Waals surface area contributed by atoms with E-state index in [9.17, 15) is 0 Å². The monoisotopic (exact) mass is 468 g/mol. The van der Waals surface area contributed by atoms with Crippen LogP contribution >= 0.6 is 0 Å². The Bertz CT molecular complexity index is 685. The quantitative estimate of drug-likeness (QED) is 0.315. The van der Waals surface area contributed by atoms with Crippen LogP contribution in [-0.2, 0) is 27.1 Å². The molecule has 0 spiro atoms. The molecular weight excluding hydrogens is 442 g/mol. The van der Waals surface area contributed by atoms with Gasteiger partial charge in [0.1, 0.15) is 0 Å². The Kier molecular flexibility index (Phi) is 15.4. The molecule has 4 heteroatoms. The first-order chi connectivity index (χ1) is 11.8. The number of unbranched alkanes of at least 4 members (excludes halogenated alkanes) is 1. The van der Waals surface area contributed by atoms with Gasteiger partial charge in [0.25, 0.3) is 0 Å². The first-order valence-electron chi connectivity index (χ1n) is 9.24. The second kappa shape index (κ2) is 14.5. The van der Waals surface area contributed by atoms with Gasteiger partial charge in [0, 0.05) is 0 Å². The molecule has 0 saturated heterocycles. The minimum absolute atomic E-state index is 0. The van der Waals surface area contributed by atoms with Crippen molar-refractivity contribution in [2.24, 2.45) is 0 Å². The van der Waals surface area contributed by atoms with Crippen LogP contribution in [0.2, 0.25) is 0 Å². The molecule has 2 aromatic rings. The summed E-state index contributed by atoms with van der Waals surface area (Å²) in [5.74, 6) is 0. The molecular formula is C24H27Cl3Ti. The van der Waals surface area contributed by atoms with Crippen molar-refractivity contribution < 1.29 is 58.9 Å². The van der Waals surface area contributed by atoms with Crippen molar-refractivity contribution in [3.8, 4) is 0 Å². The van der Waals surface area contributed by atoms with Gasteiger partial charge in [-0.25, -0.2) is 5.57 Å². The fraction of sp³-hybridized carbons (Fsp3) is 0.333. The van der Waals surface area contributed by atoms with E-state index >= 15 is 0 Å². The maximum atomic E-state index is 3.53. The average Bonchev–Trinajstić information content (AvgIpc) is 3.13. The Balaban J connectivity index is 0. The Labute approximate surface area is 204 Å². The molecule has 0 saturated carbocycles. The van der Waals surface area contributed by atoms with Crippen LogP contribution in [0.15, 0.2) is 77.9 Å². The van der Waals surface area contributed by atoms with Gasteiger partial charge in [0.2, 0.25) is 0 Å². The standard InChI is InChI=1S/C24H27.3ClH.Ti/c1-3-5-19-24(21-14-8-6-9-15-21,22-16-10-7-11-17-22)23-18-12-13-20(23)4-2;;;;/h6-12,14-17H,3-5,18-19H2,1-2H3;3*1H;/q-1;;;;+4/p-3. The van der Waals surface area contributed by atoms with E-state index in [0.29, 0.717) is 0 Å². The molecule has 0 atom stereocenters. The first kappa shape index (κ1) is 29.7. The van der Waals surface area contributed by atoms with Crippen molar-refractivity contribution in [1.29, 1.82) is 0 Å². The number of hydrogen-bond donors (Lipinski definition) is 0. The molecule has 0 fully saturated rings. The van der Waals surface area contributed by atoms with E-state index in [1.807, 2.05) is 0 Å². The van der Waals surface area contributed by atoms with Gasteiger partial charge < -0.3 is 37.2 Å². The van der Waals surface area contributed by atoms with E-state index in [-0.39, 0.29) is 64.4 Å². The Hall–Kier alpha value is -0.496. The van der Waals surface area contributed by atoms with Crippen LogP contribution in [0.5, 0.6) is 0 Å². The van der Waals surface area contributed by atoms with Crippen LogP contribution in [0.4, 0.5) is 0 Å². The van der Waals surface area contributed by atoms with Crippen LogP contribution in [0.1, 0.15) is 57.1 Å². The third-order valence-corrected chi connectivity index (χ3v) is 5.25. The number of halogens is 3. The van der Waals surface area contributed by atoms with E-state index in [2.05, 4.69) is 86.7 Å². The smallest absolute Gasteiger partial charge is 1.00 e. The number of allylic oxidation sites excluding steroid dienone is 4. The molecule has 0 heterocycles. The summed E-state index contributed by atoms with van der Waals surface area (Å²) in [5.41, 5.74) is 5.77. The summed E-state index contributed by atoms with van der Waals surface area (Å²) in [6, 6.07) is 22.2. The van der Waals surface area contributed by atoms with Crippen LogP contribution in [0.3, 0.4) is 0 Å². The third kappa shape index (κ3) is 6.00. The fourth-order valence-corrected chi connectivity index (χ4v) is 4.08. The topological polar surface area (TPSA) is 0 Å². The molecule has 0 aliphatic heterocycles. The summed E-state index contributed by atoms with van der Waals surface area (Å²) >= 11 is 0. The van der Waals surface area contributed by atoms with E-state index in [1.54, 1.807) is 5.57 Å². The largest absolute Gasteiger partial charge is 4.00 e. The fourth-order valence-electron chi connectivity index (χ4n) is 4.08. The predicted molar refractivity (Wildman–Crippen MR) is 103 cm³/mol. The van der Waals surface area contributed by atoms with Gasteiger partial charge in [-0.05, 0) is 5.41 Å². The summed E-state index contributed by atoms with van der Waals surface area (Å²) in [6.07, 6.45) is 11.4. The van der Waals surface area contributed by atoms with Crippen LogP contribution < -0.4 is 37.2 Å². The van der Waals surface area contributed by atoms with E-state index < -0.39 is 0 Å². The first-order valence-corrected chi connectivity index (χ1v) is 9.24. The molecule has 0 bridgehead atoms. The number of benzene rings is 2. The average molecular weight is 470 g/mol. The molecule has 0 unspecified atom stereocenters.